The van der Waals surface area contributed by atoms with Gasteiger partial charge in [0.2, 0.25) is 17.1 Å². The number of fused-ring (bicyclic) bond motifs is 13. The predicted octanol–water partition coefficient (Wildman–Crippen LogP) is 13.7. The first kappa shape index (κ1) is 40.6. The van der Waals surface area contributed by atoms with E-state index in [0.717, 1.165) is 58.8 Å². The van der Waals surface area contributed by atoms with E-state index in [1.54, 1.807) is 10.8 Å². The van der Waals surface area contributed by atoms with Gasteiger partial charge in [0.05, 0.1) is 30.8 Å². The number of pyridine rings is 3. The summed E-state index contributed by atoms with van der Waals surface area (Å²) in [6.45, 7) is 16.0. The number of aromatic nitrogens is 3. The molecule has 0 radical (unpaired) electrons. The van der Waals surface area contributed by atoms with Gasteiger partial charge >= 0.3 is 0 Å². The fourth-order valence-corrected chi connectivity index (χ4v) is 14.2. The average Bonchev–Trinajstić information content (AvgIpc) is 3.69. The first-order valence-electron chi connectivity index (χ1n) is 24.5. The smallest absolute Gasteiger partial charge is 0.227 e. The van der Waals surface area contributed by atoms with Crippen LogP contribution in [0.15, 0.2) is 126 Å². The molecule has 320 valence electrons. The van der Waals surface area contributed by atoms with E-state index in [4.69, 9.17) is 16.0 Å². The zero-order valence-electron chi connectivity index (χ0n) is 38.1. The van der Waals surface area contributed by atoms with Gasteiger partial charge < -0.3 is 4.42 Å². The molecule has 0 bridgehead atoms. The summed E-state index contributed by atoms with van der Waals surface area (Å²) in [5, 5.41) is 3.84. The van der Waals surface area contributed by atoms with Crippen LogP contribution in [0.4, 0.5) is 0 Å². The fourth-order valence-electron chi connectivity index (χ4n) is 12.5. The zero-order valence-corrected chi connectivity index (χ0v) is 39.1. The highest BCUT2D eigenvalue weighted by Crippen LogP contribution is 2.47. The minimum absolute atomic E-state index is 0.145. The maximum atomic E-state index is 7.05. The number of aryl methyl sites for hydroxylation is 1. The van der Waals surface area contributed by atoms with Crippen molar-refractivity contribution in [2.45, 2.75) is 134 Å². The second-order valence-electron chi connectivity index (χ2n) is 21.0. The van der Waals surface area contributed by atoms with Crippen LogP contribution in [-0.4, -0.2) is 13.1 Å². The van der Waals surface area contributed by atoms with Gasteiger partial charge in [-0.25, -0.2) is 4.98 Å². The Hall–Kier alpha value is -5.13. The summed E-state index contributed by atoms with van der Waals surface area (Å²) >= 11 is 0. The van der Waals surface area contributed by atoms with Crippen molar-refractivity contribution in [1.82, 2.24) is 4.98 Å². The van der Waals surface area contributed by atoms with E-state index in [0.29, 0.717) is 11.6 Å². The van der Waals surface area contributed by atoms with Crippen LogP contribution in [0.3, 0.4) is 0 Å². The number of hydrogen-bond donors (Lipinski definition) is 0. The average molecular weight is 848 g/mol. The summed E-state index contributed by atoms with van der Waals surface area (Å²) in [6.07, 6.45) is 21.8. The molecule has 11 rings (SSSR count). The van der Waals surface area contributed by atoms with E-state index in [2.05, 4.69) is 145 Å². The molecule has 63 heavy (non-hydrogen) atoms. The molecule has 6 heterocycles. The van der Waals surface area contributed by atoms with E-state index in [1.807, 2.05) is 0 Å². The number of benzene rings is 3. The zero-order chi connectivity index (χ0) is 42.8. The highest BCUT2D eigenvalue weighted by atomic mass is 28.3. The Bertz CT molecular complexity index is 2850. The van der Waals surface area contributed by atoms with Crippen molar-refractivity contribution in [1.29, 1.82) is 0 Å². The fraction of sp³-hybridized carbons (Fsp3) is 0.397. The molecule has 4 aromatic heterocycles. The van der Waals surface area contributed by atoms with Gasteiger partial charge in [0.15, 0.2) is 30.6 Å². The topological polar surface area (TPSA) is 33.8 Å². The van der Waals surface area contributed by atoms with Crippen molar-refractivity contribution in [2.24, 2.45) is 11.8 Å². The highest BCUT2D eigenvalue weighted by Gasteiger charge is 2.45. The quantitative estimate of drug-likeness (QED) is 0.0949. The van der Waals surface area contributed by atoms with Crippen LogP contribution in [0.2, 0.25) is 19.6 Å². The number of nitrogens with zero attached hydrogens (tertiary/aromatic N) is 3. The lowest BCUT2D eigenvalue weighted by Crippen LogP contribution is -2.55. The number of hydrogen-bond acceptors (Lipinski definition) is 2. The van der Waals surface area contributed by atoms with Gasteiger partial charge in [0.25, 0.3) is 0 Å². The molecule has 3 aromatic carbocycles. The SMILES string of the molecule is C=C1C[n+]2ccc(C(C)C3CCCCC3)cc2-c2c(ccc3c2oc2nc(-c4ccccc4)ccc23)CCC2c3ccccc3-c3cc(CC4CCCCC4)c([Si](C)(C)C)c[n+]3C12. The lowest BCUT2D eigenvalue weighted by Gasteiger charge is -2.34. The van der Waals surface area contributed by atoms with Crippen molar-refractivity contribution in [3.8, 4) is 33.8 Å². The van der Waals surface area contributed by atoms with Crippen molar-refractivity contribution in [2.75, 3.05) is 0 Å². The normalized spacial score (nSPS) is 20.1. The molecule has 4 aliphatic rings. The molecule has 0 amide bonds. The number of allylic oxidation sites excluding steroid dienone is 1. The second-order valence-corrected chi connectivity index (χ2v) is 26.0. The minimum atomic E-state index is -1.70. The van der Waals surface area contributed by atoms with Crippen LogP contribution >= 0.6 is 0 Å². The van der Waals surface area contributed by atoms with Crippen LogP contribution in [0.25, 0.3) is 55.8 Å². The van der Waals surface area contributed by atoms with Crippen molar-refractivity contribution in [3.05, 3.63) is 144 Å². The monoisotopic (exact) mass is 847 g/mol. The third kappa shape index (κ3) is 7.42. The molecular formula is C58H65N3OSi+2. The molecular weight excluding hydrogens is 783 g/mol. The molecule has 2 fully saturated rings. The highest BCUT2D eigenvalue weighted by molar-refractivity contribution is 6.89. The third-order valence-electron chi connectivity index (χ3n) is 15.9. The molecule has 2 aliphatic heterocycles. The molecule has 0 N–H and O–H groups in total. The van der Waals surface area contributed by atoms with Gasteiger partial charge in [-0.15, -0.1) is 0 Å². The number of furan rings is 1. The van der Waals surface area contributed by atoms with E-state index in [9.17, 15) is 0 Å². The summed E-state index contributed by atoms with van der Waals surface area (Å²) in [5.41, 5.74) is 16.1. The van der Waals surface area contributed by atoms with Gasteiger partial charge in [0, 0.05) is 45.3 Å². The Morgan fingerprint density at radius 3 is 2.32 bits per heavy atom. The van der Waals surface area contributed by atoms with Crippen molar-refractivity contribution >= 4 is 35.3 Å². The molecule has 0 spiro atoms. The van der Waals surface area contributed by atoms with Crippen LogP contribution in [0, 0.1) is 11.8 Å². The van der Waals surface area contributed by atoms with Crippen LogP contribution < -0.4 is 14.3 Å². The lowest BCUT2D eigenvalue weighted by atomic mass is 9.75. The van der Waals surface area contributed by atoms with Crippen LogP contribution in [-0.2, 0) is 19.4 Å². The van der Waals surface area contributed by atoms with Crippen LogP contribution in [0.1, 0.15) is 118 Å². The minimum Gasteiger partial charge on any atom is -0.437 e. The summed E-state index contributed by atoms with van der Waals surface area (Å²) in [5.74, 6) is 2.29. The van der Waals surface area contributed by atoms with E-state index in [1.165, 1.54) is 115 Å². The summed E-state index contributed by atoms with van der Waals surface area (Å²) in [4.78, 5) is 5.16. The first-order valence-corrected chi connectivity index (χ1v) is 28.0. The predicted molar refractivity (Wildman–Crippen MR) is 262 cm³/mol. The van der Waals surface area contributed by atoms with Gasteiger partial charge in [-0.05, 0) is 90.3 Å². The molecule has 4 nitrogen and oxygen atoms in total. The molecule has 7 aromatic rings. The maximum Gasteiger partial charge on any atom is 0.227 e. The number of rotatable bonds is 6. The molecule has 3 unspecified atom stereocenters. The van der Waals surface area contributed by atoms with E-state index in [-0.39, 0.29) is 12.0 Å². The van der Waals surface area contributed by atoms with Gasteiger partial charge in [-0.2, -0.15) is 9.13 Å². The van der Waals surface area contributed by atoms with Gasteiger partial charge in [-0.1, -0.05) is 145 Å². The van der Waals surface area contributed by atoms with Crippen molar-refractivity contribution in [3.63, 3.8) is 0 Å². The van der Waals surface area contributed by atoms with E-state index < -0.39 is 8.07 Å². The summed E-state index contributed by atoms with van der Waals surface area (Å²) in [6, 6.07) is 36.7. The molecule has 0 saturated heterocycles. The van der Waals surface area contributed by atoms with Crippen LogP contribution in [0.5, 0.6) is 0 Å². The Labute approximate surface area is 376 Å². The van der Waals surface area contributed by atoms with Gasteiger partial charge in [0.1, 0.15) is 0 Å². The largest absolute Gasteiger partial charge is 0.437 e. The Morgan fingerprint density at radius 2 is 1.52 bits per heavy atom. The summed E-state index contributed by atoms with van der Waals surface area (Å²) < 4.78 is 12.3. The molecule has 5 heteroatoms. The standard InChI is InChI=1S/C58H65N3OSi/c1-38-36-60-32-31-44(39(2)41-19-11-7-12-20-41)34-53(60)55-43(26-28-49-50-29-30-51(42-21-13-8-14-22-42)59-58(50)62-57(49)55)25-27-48-46-23-15-16-24-47(46)52-35-45(33-40-17-9-6-10-18-40)54(63(3,4)5)37-61(52)56(38)48/h8,13-16,21-24,26,28-32,34-35,37,39-41,48,56H,1,6-7,9-12,17-20,25,27,33,36H2,2-5H3/q+2. The lowest BCUT2D eigenvalue weighted by molar-refractivity contribution is -0.722. The van der Waals surface area contributed by atoms with Crippen molar-refractivity contribution < 1.29 is 13.6 Å². The summed E-state index contributed by atoms with van der Waals surface area (Å²) in [7, 11) is -1.70. The maximum absolute atomic E-state index is 7.05. The molecule has 2 aliphatic carbocycles. The molecule has 3 atom stereocenters. The van der Waals surface area contributed by atoms with Gasteiger partial charge in [-0.3, -0.25) is 0 Å². The third-order valence-corrected chi connectivity index (χ3v) is 18.0. The Kier molecular flexibility index (Phi) is 10.6. The van der Waals surface area contributed by atoms with E-state index >= 15 is 0 Å². The Morgan fingerprint density at radius 1 is 0.778 bits per heavy atom. The Balaban J connectivity index is 1.09. The first-order chi connectivity index (χ1) is 30.7. The second kappa shape index (κ2) is 16.5. The molecule has 2 saturated carbocycles.